The van der Waals surface area contributed by atoms with Crippen molar-refractivity contribution in [3.05, 3.63) is 28.2 Å². The summed E-state index contributed by atoms with van der Waals surface area (Å²) < 4.78 is 0.713. The number of amides is 1. The van der Waals surface area contributed by atoms with Crippen molar-refractivity contribution in [3.8, 4) is 0 Å². The summed E-state index contributed by atoms with van der Waals surface area (Å²) >= 11 is 3.31. The lowest BCUT2D eigenvalue weighted by Crippen LogP contribution is -2.28. The molecule has 0 radical (unpaired) electrons. The smallest absolute Gasteiger partial charge is 0.303 e. The predicted molar refractivity (Wildman–Crippen MR) is 79.4 cm³/mol. The lowest BCUT2D eigenvalue weighted by atomic mass is 10.0. The third-order valence-electron chi connectivity index (χ3n) is 3.59. The Bertz CT molecular complexity index is 533. The highest BCUT2D eigenvalue weighted by atomic mass is 79.9. The number of anilines is 1. The van der Waals surface area contributed by atoms with Gasteiger partial charge in [-0.25, -0.2) is 0 Å². The minimum atomic E-state index is -0.780. The normalized spacial score (nSPS) is 18.2. The summed E-state index contributed by atoms with van der Waals surface area (Å²) in [6.07, 6.45) is 1.67. The van der Waals surface area contributed by atoms with Gasteiger partial charge in [-0.05, 0) is 52.9 Å². The Labute approximate surface area is 125 Å². The molecule has 0 saturated carbocycles. The summed E-state index contributed by atoms with van der Waals surface area (Å²) in [5.41, 5.74) is 6.91. The fraction of sp³-hybridized carbons (Fsp3) is 0.429. The van der Waals surface area contributed by atoms with E-state index in [1.54, 1.807) is 23.1 Å². The van der Waals surface area contributed by atoms with E-state index in [-0.39, 0.29) is 18.2 Å². The standard InChI is InChI=1S/C14H17BrN2O3/c15-11-7-10(2-3-12(11)16)14(20)17-6-5-9(8-17)1-4-13(18)19/h2-3,7,9H,1,4-6,8,16H2,(H,18,19). The largest absolute Gasteiger partial charge is 0.481 e. The Morgan fingerprint density at radius 3 is 2.85 bits per heavy atom. The second kappa shape index (κ2) is 6.26. The van der Waals surface area contributed by atoms with Crippen LogP contribution in [0.15, 0.2) is 22.7 Å². The lowest BCUT2D eigenvalue weighted by Gasteiger charge is -2.17. The molecule has 2 rings (SSSR count). The topological polar surface area (TPSA) is 83.6 Å². The Kier molecular flexibility index (Phi) is 4.65. The first-order valence-corrected chi connectivity index (χ1v) is 7.32. The number of hydrogen-bond donors (Lipinski definition) is 2. The van der Waals surface area contributed by atoms with Crippen LogP contribution in [0, 0.1) is 5.92 Å². The summed E-state index contributed by atoms with van der Waals surface area (Å²) in [6.45, 7) is 1.32. The highest BCUT2D eigenvalue weighted by Crippen LogP contribution is 2.25. The molecule has 1 unspecified atom stereocenters. The zero-order chi connectivity index (χ0) is 14.7. The van der Waals surface area contributed by atoms with E-state index in [0.29, 0.717) is 35.2 Å². The molecule has 3 N–H and O–H groups in total. The number of benzene rings is 1. The first kappa shape index (κ1) is 14.8. The van der Waals surface area contributed by atoms with E-state index in [1.165, 1.54) is 0 Å². The van der Waals surface area contributed by atoms with Crippen molar-refractivity contribution in [3.63, 3.8) is 0 Å². The van der Waals surface area contributed by atoms with E-state index in [2.05, 4.69) is 15.9 Å². The number of carbonyl (C=O) groups is 2. The predicted octanol–water partition coefficient (Wildman–Crippen LogP) is 2.36. The van der Waals surface area contributed by atoms with Crippen molar-refractivity contribution in [2.24, 2.45) is 5.92 Å². The number of nitrogens with two attached hydrogens (primary N) is 1. The van der Waals surface area contributed by atoms with E-state index >= 15 is 0 Å². The van der Waals surface area contributed by atoms with Crippen LogP contribution in [-0.4, -0.2) is 35.0 Å². The molecule has 108 valence electrons. The molecule has 1 atom stereocenters. The fourth-order valence-corrected chi connectivity index (χ4v) is 2.80. The SMILES string of the molecule is Nc1ccc(C(=O)N2CCC(CCC(=O)O)C2)cc1Br. The van der Waals surface area contributed by atoms with Crippen LogP contribution in [0.25, 0.3) is 0 Å². The number of aliphatic carboxylic acids is 1. The molecule has 0 aromatic heterocycles. The number of carbonyl (C=O) groups excluding carboxylic acids is 1. The van der Waals surface area contributed by atoms with Gasteiger partial charge in [0.2, 0.25) is 0 Å². The van der Waals surface area contributed by atoms with Crippen molar-refractivity contribution in [1.82, 2.24) is 4.90 Å². The number of hydrogen-bond acceptors (Lipinski definition) is 3. The zero-order valence-corrected chi connectivity index (χ0v) is 12.6. The van der Waals surface area contributed by atoms with Crippen LogP contribution in [0.1, 0.15) is 29.6 Å². The number of nitrogen functional groups attached to an aromatic ring is 1. The van der Waals surface area contributed by atoms with Gasteiger partial charge in [0.05, 0.1) is 0 Å². The summed E-state index contributed by atoms with van der Waals surface area (Å²) in [5.74, 6) is -0.520. The second-order valence-corrected chi connectivity index (χ2v) is 5.93. The summed E-state index contributed by atoms with van der Waals surface area (Å²) in [4.78, 5) is 24.7. The van der Waals surface area contributed by atoms with Gasteiger partial charge >= 0.3 is 5.97 Å². The van der Waals surface area contributed by atoms with Gasteiger partial charge in [0.1, 0.15) is 0 Å². The highest BCUT2D eigenvalue weighted by molar-refractivity contribution is 9.10. The monoisotopic (exact) mass is 340 g/mol. The number of carboxylic acids is 1. The van der Waals surface area contributed by atoms with Gasteiger partial charge in [0.15, 0.2) is 0 Å². The van der Waals surface area contributed by atoms with E-state index in [0.717, 1.165) is 6.42 Å². The van der Waals surface area contributed by atoms with Crippen molar-refractivity contribution >= 4 is 33.5 Å². The zero-order valence-electron chi connectivity index (χ0n) is 11.0. The van der Waals surface area contributed by atoms with E-state index in [4.69, 9.17) is 10.8 Å². The third-order valence-corrected chi connectivity index (χ3v) is 4.27. The summed E-state index contributed by atoms with van der Waals surface area (Å²) in [5, 5.41) is 8.69. The van der Waals surface area contributed by atoms with E-state index in [9.17, 15) is 9.59 Å². The first-order valence-electron chi connectivity index (χ1n) is 6.53. The molecule has 5 nitrogen and oxygen atoms in total. The molecule has 0 spiro atoms. The fourth-order valence-electron chi connectivity index (χ4n) is 2.42. The number of nitrogens with zero attached hydrogens (tertiary/aromatic N) is 1. The molecule has 20 heavy (non-hydrogen) atoms. The van der Waals surface area contributed by atoms with Gasteiger partial charge in [0.25, 0.3) is 5.91 Å². The Morgan fingerprint density at radius 1 is 1.45 bits per heavy atom. The maximum atomic E-state index is 12.3. The van der Waals surface area contributed by atoms with Crippen LogP contribution in [0.5, 0.6) is 0 Å². The quantitative estimate of drug-likeness (QED) is 0.824. The van der Waals surface area contributed by atoms with Crippen LogP contribution in [-0.2, 0) is 4.79 Å². The van der Waals surface area contributed by atoms with E-state index < -0.39 is 5.97 Å². The van der Waals surface area contributed by atoms with Gasteiger partial charge in [-0.3, -0.25) is 9.59 Å². The minimum absolute atomic E-state index is 0.0245. The molecule has 1 aliphatic heterocycles. The van der Waals surface area contributed by atoms with Crippen molar-refractivity contribution in [2.45, 2.75) is 19.3 Å². The molecular formula is C14H17BrN2O3. The first-order chi connectivity index (χ1) is 9.47. The average Bonchev–Trinajstić information content (AvgIpc) is 2.87. The molecule has 6 heteroatoms. The van der Waals surface area contributed by atoms with Crippen molar-refractivity contribution in [2.75, 3.05) is 18.8 Å². The van der Waals surface area contributed by atoms with Gasteiger partial charge in [0, 0.05) is 35.2 Å². The minimum Gasteiger partial charge on any atom is -0.481 e. The van der Waals surface area contributed by atoms with Crippen molar-refractivity contribution < 1.29 is 14.7 Å². The maximum Gasteiger partial charge on any atom is 0.303 e. The van der Waals surface area contributed by atoms with Gasteiger partial charge in [-0.2, -0.15) is 0 Å². The van der Waals surface area contributed by atoms with Crippen LogP contribution in [0.4, 0.5) is 5.69 Å². The lowest BCUT2D eigenvalue weighted by molar-refractivity contribution is -0.137. The molecule has 1 amide bonds. The Hall–Kier alpha value is -1.56. The molecular weight excluding hydrogens is 324 g/mol. The maximum absolute atomic E-state index is 12.3. The number of rotatable bonds is 4. The van der Waals surface area contributed by atoms with Crippen LogP contribution >= 0.6 is 15.9 Å². The average molecular weight is 341 g/mol. The van der Waals surface area contributed by atoms with Gasteiger partial charge in [-0.1, -0.05) is 0 Å². The van der Waals surface area contributed by atoms with Crippen molar-refractivity contribution in [1.29, 1.82) is 0 Å². The summed E-state index contributed by atoms with van der Waals surface area (Å²) in [7, 11) is 0. The number of halogens is 1. The molecule has 1 fully saturated rings. The molecule has 1 aromatic carbocycles. The van der Waals surface area contributed by atoms with Crippen LogP contribution < -0.4 is 5.73 Å². The summed E-state index contributed by atoms with van der Waals surface area (Å²) in [6, 6.07) is 5.14. The van der Waals surface area contributed by atoms with E-state index in [1.807, 2.05) is 0 Å². The molecule has 1 aliphatic rings. The van der Waals surface area contributed by atoms with Crippen LogP contribution in [0.3, 0.4) is 0 Å². The molecule has 0 bridgehead atoms. The molecule has 1 aromatic rings. The Morgan fingerprint density at radius 2 is 2.20 bits per heavy atom. The molecule has 0 aliphatic carbocycles. The Balaban J connectivity index is 1.97. The molecule has 1 saturated heterocycles. The third kappa shape index (κ3) is 3.50. The molecule has 1 heterocycles. The number of likely N-dealkylation sites (tertiary alicyclic amines) is 1. The highest BCUT2D eigenvalue weighted by Gasteiger charge is 2.27. The van der Waals surface area contributed by atoms with Gasteiger partial charge < -0.3 is 15.7 Å². The van der Waals surface area contributed by atoms with Gasteiger partial charge in [-0.15, -0.1) is 0 Å². The second-order valence-electron chi connectivity index (χ2n) is 5.07. The van der Waals surface area contributed by atoms with Crippen LogP contribution in [0.2, 0.25) is 0 Å². The number of carboxylic acid groups (broad SMARTS) is 1.